The summed E-state index contributed by atoms with van der Waals surface area (Å²) in [5.41, 5.74) is 1.72. The Kier molecular flexibility index (Phi) is 6.10. The Hall–Kier alpha value is -1.43. The van der Waals surface area contributed by atoms with Crippen molar-refractivity contribution in [2.75, 3.05) is 26.7 Å². The number of nitrogens with zero attached hydrogens (tertiary/aromatic N) is 2. The van der Waals surface area contributed by atoms with Gasteiger partial charge in [0.2, 0.25) is 0 Å². The van der Waals surface area contributed by atoms with Crippen molar-refractivity contribution in [3.8, 4) is 10.6 Å². The highest BCUT2D eigenvalue weighted by Crippen LogP contribution is 2.29. The number of hydrogen-bond acceptors (Lipinski definition) is 4. The Bertz CT molecular complexity index is 738. The van der Waals surface area contributed by atoms with Crippen LogP contribution in [0.2, 0.25) is 5.02 Å². The van der Waals surface area contributed by atoms with Crippen LogP contribution in [-0.4, -0.2) is 42.5 Å². The molecule has 0 aliphatic carbocycles. The van der Waals surface area contributed by atoms with Crippen LogP contribution in [0, 0.1) is 12.8 Å². The maximum Gasteiger partial charge on any atom is 0.263 e. The summed E-state index contributed by atoms with van der Waals surface area (Å²) in [4.78, 5) is 20.1. The SMILES string of the molecule is Cc1nc(-c2cccc(Cl)c2)sc1C(=O)NCCC1CCN(C)CC1. The molecule has 134 valence electrons. The van der Waals surface area contributed by atoms with Gasteiger partial charge >= 0.3 is 0 Å². The van der Waals surface area contributed by atoms with Gasteiger partial charge in [0.15, 0.2) is 0 Å². The van der Waals surface area contributed by atoms with Crippen LogP contribution in [0.5, 0.6) is 0 Å². The van der Waals surface area contributed by atoms with Crippen molar-refractivity contribution in [3.63, 3.8) is 0 Å². The number of aromatic nitrogens is 1. The van der Waals surface area contributed by atoms with Gasteiger partial charge in [0.05, 0.1) is 5.69 Å². The molecule has 2 heterocycles. The van der Waals surface area contributed by atoms with E-state index >= 15 is 0 Å². The third kappa shape index (κ3) is 4.81. The van der Waals surface area contributed by atoms with Crippen molar-refractivity contribution >= 4 is 28.8 Å². The summed E-state index contributed by atoms with van der Waals surface area (Å²) >= 11 is 7.48. The van der Waals surface area contributed by atoms with E-state index < -0.39 is 0 Å². The fraction of sp³-hybridized carbons (Fsp3) is 0.474. The number of benzene rings is 1. The summed E-state index contributed by atoms with van der Waals surface area (Å²) in [6, 6.07) is 7.57. The average molecular weight is 378 g/mol. The molecule has 2 aromatic rings. The molecule has 6 heteroatoms. The van der Waals surface area contributed by atoms with E-state index in [1.807, 2.05) is 31.2 Å². The third-order valence-corrected chi connectivity index (χ3v) is 6.19. The highest BCUT2D eigenvalue weighted by atomic mass is 35.5. The van der Waals surface area contributed by atoms with Gasteiger partial charge in [-0.05, 0) is 64.4 Å². The maximum atomic E-state index is 12.5. The number of halogens is 1. The van der Waals surface area contributed by atoms with Gasteiger partial charge in [-0.3, -0.25) is 4.79 Å². The van der Waals surface area contributed by atoms with Gasteiger partial charge in [-0.25, -0.2) is 4.98 Å². The molecule has 0 atom stereocenters. The molecule has 1 N–H and O–H groups in total. The second kappa shape index (κ2) is 8.30. The fourth-order valence-electron chi connectivity index (χ4n) is 3.17. The van der Waals surface area contributed by atoms with Gasteiger partial charge in [-0.2, -0.15) is 0 Å². The number of piperidine rings is 1. The smallest absolute Gasteiger partial charge is 0.263 e. The summed E-state index contributed by atoms with van der Waals surface area (Å²) in [7, 11) is 2.17. The average Bonchev–Trinajstić information content (AvgIpc) is 2.98. The van der Waals surface area contributed by atoms with E-state index in [0.29, 0.717) is 9.90 Å². The highest BCUT2D eigenvalue weighted by molar-refractivity contribution is 7.17. The van der Waals surface area contributed by atoms with Crippen LogP contribution in [0.4, 0.5) is 0 Å². The number of carbonyl (C=O) groups excluding carboxylic acids is 1. The first-order chi connectivity index (χ1) is 12.0. The fourth-order valence-corrected chi connectivity index (χ4v) is 4.34. The van der Waals surface area contributed by atoms with Crippen molar-refractivity contribution in [2.24, 2.45) is 5.92 Å². The van der Waals surface area contributed by atoms with Crippen molar-refractivity contribution < 1.29 is 4.79 Å². The largest absolute Gasteiger partial charge is 0.351 e. The molecular weight excluding hydrogens is 354 g/mol. The number of likely N-dealkylation sites (tertiary alicyclic amines) is 1. The van der Waals surface area contributed by atoms with Gasteiger partial charge in [0.1, 0.15) is 9.88 Å². The summed E-state index contributed by atoms with van der Waals surface area (Å²) in [5, 5.41) is 4.58. The van der Waals surface area contributed by atoms with Crippen LogP contribution in [0.15, 0.2) is 24.3 Å². The molecule has 1 aromatic heterocycles. The van der Waals surface area contributed by atoms with Crippen molar-refractivity contribution in [1.29, 1.82) is 0 Å². The molecule has 25 heavy (non-hydrogen) atoms. The minimum Gasteiger partial charge on any atom is -0.351 e. The Morgan fingerprint density at radius 1 is 1.40 bits per heavy atom. The Morgan fingerprint density at radius 2 is 2.16 bits per heavy atom. The van der Waals surface area contributed by atoms with Gasteiger partial charge in [-0.15, -0.1) is 11.3 Å². The molecule has 4 nitrogen and oxygen atoms in total. The number of rotatable bonds is 5. The van der Waals surface area contributed by atoms with Crippen LogP contribution in [0.3, 0.4) is 0 Å². The monoisotopic (exact) mass is 377 g/mol. The van der Waals surface area contributed by atoms with E-state index in [-0.39, 0.29) is 5.91 Å². The van der Waals surface area contributed by atoms with Crippen molar-refractivity contribution in [3.05, 3.63) is 39.9 Å². The predicted molar refractivity (Wildman–Crippen MR) is 104 cm³/mol. The first-order valence-corrected chi connectivity index (χ1v) is 9.92. The second-order valence-electron chi connectivity index (χ2n) is 6.74. The molecule has 1 aliphatic rings. The standard InChI is InChI=1S/C19H24ClN3OS/c1-13-17(25-19(22-13)15-4-3-5-16(20)12-15)18(24)21-9-6-14-7-10-23(2)11-8-14/h3-5,12,14H,6-11H2,1-2H3,(H,21,24). The maximum absolute atomic E-state index is 12.5. The quantitative estimate of drug-likeness (QED) is 0.847. The number of hydrogen-bond donors (Lipinski definition) is 1. The van der Waals surface area contributed by atoms with Gasteiger partial charge in [-0.1, -0.05) is 23.7 Å². The zero-order chi connectivity index (χ0) is 17.8. The number of thiazole rings is 1. The molecule has 0 spiro atoms. The van der Waals surface area contributed by atoms with Gasteiger partial charge < -0.3 is 10.2 Å². The summed E-state index contributed by atoms with van der Waals surface area (Å²) in [6.07, 6.45) is 3.51. The minimum atomic E-state index is -0.0174. The van der Waals surface area contributed by atoms with Crippen LogP contribution in [0.1, 0.15) is 34.6 Å². The third-order valence-electron chi connectivity index (χ3n) is 4.75. The normalized spacial score (nSPS) is 16.1. The Morgan fingerprint density at radius 3 is 2.88 bits per heavy atom. The first kappa shape index (κ1) is 18.4. The van der Waals surface area contributed by atoms with Crippen molar-refractivity contribution in [1.82, 2.24) is 15.2 Å². The molecule has 0 radical (unpaired) electrons. The van der Waals surface area contributed by atoms with E-state index in [2.05, 4.69) is 22.2 Å². The number of amides is 1. The van der Waals surface area contributed by atoms with Crippen LogP contribution in [-0.2, 0) is 0 Å². The number of carbonyl (C=O) groups is 1. The van der Waals surface area contributed by atoms with E-state index in [4.69, 9.17) is 11.6 Å². The Labute approximate surface area is 158 Å². The zero-order valence-corrected chi connectivity index (χ0v) is 16.3. The summed E-state index contributed by atoms with van der Waals surface area (Å²) in [5.74, 6) is 0.706. The molecule has 1 amide bonds. The molecule has 1 aromatic carbocycles. The van der Waals surface area contributed by atoms with E-state index in [9.17, 15) is 4.79 Å². The lowest BCUT2D eigenvalue weighted by Gasteiger charge is -2.28. The molecule has 3 rings (SSSR count). The van der Waals surface area contributed by atoms with Gasteiger partial charge in [0.25, 0.3) is 5.91 Å². The molecule has 1 aliphatic heterocycles. The molecule has 1 saturated heterocycles. The van der Waals surface area contributed by atoms with E-state index in [0.717, 1.165) is 48.2 Å². The molecule has 0 bridgehead atoms. The summed E-state index contributed by atoms with van der Waals surface area (Å²) < 4.78 is 0. The zero-order valence-electron chi connectivity index (χ0n) is 14.7. The van der Waals surface area contributed by atoms with Crippen LogP contribution in [0.25, 0.3) is 10.6 Å². The van der Waals surface area contributed by atoms with Crippen molar-refractivity contribution in [2.45, 2.75) is 26.2 Å². The summed E-state index contributed by atoms with van der Waals surface area (Å²) in [6.45, 7) is 4.94. The number of aryl methyl sites for hydroxylation is 1. The van der Waals surface area contributed by atoms with Crippen LogP contribution >= 0.6 is 22.9 Å². The first-order valence-electron chi connectivity index (χ1n) is 8.73. The highest BCUT2D eigenvalue weighted by Gasteiger charge is 2.19. The Balaban J connectivity index is 1.57. The molecule has 0 unspecified atom stereocenters. The number of nitrogens with one attached hydrogen (secondary N) is 1. The topological polar surface area (TPSA) is 45.2 Å². The van der Waals surface area contributed by atoms with E-state index in [1.165, 1.54) is 24.2 Å². The minimum absolute atomic E-state index is 0.0174. The lowest BCUT2D eigenvalue weighted by molar-refractivity contribution is 0.0952. The lowest BCUT2D eigenvalue weighted by atomic mass is 9.94. The second-order valence-corrected chi connectivity index (χ2v) is 8.17. The molecular formula is C19H24ClN3OS. The lowest BCUT2D eigenvalue weighted by Crippen LogP contribution is -2.32. The van der Waals surface area contributed by atoms with E-state index in [1.54, 1.807) is 0 Å². The molecule has 1 fully saturated rings. The predicted octanol–water partition coefficient (Wildman–Crippen LogP) is 4.23. The van der Waals surface area contributed by atoms with Gasteiger partial charge in [0, 0.05) is 17.1 Å². The van der Waals surface area contributed by atoms with Crippen LogP contribution < -0.4 is 5.32 Å². The molecule has 0 saturated carbocycles.